The maximum Gasteiger partial charge on any atom is 0.418 e. The Balaban J connectivity index is 2.12. The van der Waals surface area contributed by atoms with E-state index in [1.54, 1.807) is 18.1 Å². The summed E-state index contributed by atoms with van der Waals surface area (Å²) in [6.45, 7) is 6.38. The van der Waals surface area contributed by atoms with E-state index >= 15 is 0 Å². The number of piperazine rings is 1. The zero-order chi connectivity index (χ0) is 17.6. The Labute approximate surface area is 141 Å². The molecule has 1 aromatic carbocycles. The van der Waals surface area contributed by atoms with Gasteiger partial charge in [-0.1, -0.05) is 6.92 Å². The van der Waals surface area contributed by atoms with Crippen LogP contribution in [0.5, 0.6) is 5.75 Å². The first kappa shape index (κ1) is 18.9. The van der Waals surface area contributed by atoms with Gasteiger partial charge in [0.05, 0.1) is 18.8 Å². The molecule has 1 saturated heterocycles. The van der Waals surface area contributed by atoms with Gasteiger partial charge in [-0.3, -0.25) is 4.90 Å². The first-order valence-electron chi connectivity index (χ1n) is 8.26. The van der Waals surface area contributed by atoms with Gasteiger partial charge in [-0.05, 0) is 24.6 Å². The summed E-state index contributed by atoms with van der Waals surface area (Å²) in [5, 5.41) is 0. The molecule has 0 saturated carbocycles. The van der Waals surface area contributed by atoms with Crippen LogP contribution in [0.2, 0.25) is 0 Å². The maximum absolute atomic E-state index is 13.4. The van der Waals surface area contributed by atoms with Crippen LogP contribution in [-0.4, -0.2) is 57.9 Å². The van der Waals surface area contributed by atoms with E-state index in [0.717, 1.165) is 32.1 Å². The molecule has 1 aliphatic heterocycles. The standard InChI is InChI=1S/C17H25F3N2O2/c1-3-11-24-14-4-5-16(15(13-14)17(18,19)20)22-8-6-21(7-9-22)10-12-23-2/h4-5,13H,3,6-12H2,1-2H3. The number of alkyl halides is 3. The summed E-state index contributed by atoms with van der Waals surface area (Å²) in [6, 6.07) is 4.26. The molecule has 0 aromatic heterocycles. The van der Waals surface area contributed by atoms with E-state index in [4.69, 9.17) is 9.47 Å². The molecule has 0 bridgehead atoms. The number of hydrogen-bond acceptors (Lipinski definition) is 4. The van der Waals surface area contributed by atoms with E-state index in [1.165, 1.54) is 6.07 Å². The van der Waals surface area contributed by atoms with Crippen molar-refractivity contribution in [1.82, 2.24) is 4.90 Å². The molecular weight excluding hydrogens is 321 g/mol. The Morgan fingerprint density at radius 1 is 1.08 bits per heavy atom. The number of hydrogen-bond donors (Lipinski definition) is 0. The van der Waals surface area contributed by atoms with Gasteiger partial charge in [-0.25, -0.2) is 0 Å². The Bertz CT molecular complexity index is 515. The summed E-state index contributed by atoms with van der Waals surface area (Å²) < 4.78 is 50.7. The monoisotopic (exact) mass is 346 g/mol. The van der Waals surface area contributed by atoms with Gasteiger partial charge in [0.15, 0.2) is 0 Å². The topological polar surface area (TPSA) is 24.9 Å². The largest absolute Gasteiger partial charge is 0.494 e. The van der Waals surface area contributed by atoms with Crippen LogP contribution in [0.3, 0.4) is 0 Å². The first-order valence-corrected chi connectivity index (χ1v) is 8.26. The summed E-state index contributed by atoms with van der Waals surface area (Å²) in [5.41, 5.74) is -0.390. The van der Waals surface area contributed by atoms with Crippen LogP contribution in [-0.2, 0) is 10.9 Å². The number of benzene rings is 1. The third kappa shape index (κ3) is 5.01. The number of halogens is 3. The molecule has 0 amide bonds. The van der Waals surface area contributed by atoms with Crippen molar-refractivity contribution in [2.24, 2.45) is 0 Å². The highest BCUT2D eigenvalue weighted by atomic mass is 19.4. The van der Waals surface area contributed by atoms with Crippen molar-refractivity contribution in [2.75, 3.05) is 57.9 Å². The van der Waals surface area contributed by atoms with E-state index in [1.807, 2.05) is 6.92 Å². The van der Waals surface area contributed by atoms with Gasteiger partial charge in [0.2, 0.25) is 0 Å². The normalized spacial score (nSPS) is 16.5. The second-order valence-corrected chi connectivity index (χ2v) is 5.85. The van der Waals surface area contributed by atoms with Crippen LogP contribution in [0.15, 0.2) is 18.2 Å². The minimum absolute atomic E-state index is 0.234. The van der Waals surface area contributed by atoms with Gasteiger partial charge in [0, 0.05) is 45.5 Å². The Morgan fingerprint density at radius 2 is 1.79 bits per heavy atom. The summed E-state index contributed by atoms with van der Waals surface area (Å²) in [5.74, 6) is 0.270. The van der Waals surface area contributed by atoms with E-state index in [2.05, 4.69) is 4.90 Å². The highest BCUT2D eigenvalue weighted by Crippen LogP contribution is 2.39. The van der Waals surface area contributed by atoms with Crippen molar-refractivity contribution in [2.45, 2.75) is 19.5 Å². The fourth-order valence-corrected chi connectivity index (χ4v) is 2.76. The van der Waals surface area contributed by atoms with E-state index < -0.39 is 11.7 Å². The average Bonchev–Trinajstić information content (AvgIpc) is 2.57. The van der Waals surface area contributed by atoms with Crippen molar-refractivity contribution < 1.29 is 22.6 Å². The summed E-state index contributed by atoms with van der Waals surface area (Å²) in [4.78, 5) is 4.00. The average molecular weight is 346 g/mol. The van der Waals surface area contributed by atoms with Crippen LogP contribution in [0.25, 0.3) is 0 Å². The van der Waals surface area contributed by atoms with E-state index in [9.17, 15) is 13.2 Å². The number of anilines is 1. The number of nitrogens with zero attached hydrogens (tertiary/aromatic N) is 2. The van der Waals surface area contributed by atoms with Gasteiger partial charge < -0.3 is 14.4 Å². The molecule has 136 valence electrons. The van der Waals surface area contributed by atoms with Gasteiger partial charge in [0.1, 0.15) is 5.75 Å². The van der Waals surface area contributed by atoms with Gasteiger partial charge >= 0.3 is 6.18 Å². The minimum Gasteiger partial charge on any atom is -0.494 e. The predicted molar refractivity (Wildman–Crippen MR) is 87.8 cm³/mol. The summed E-state index contributed by atoms with van der Waals surface area (Å²) >= 11 is 0. The fraction of sp³-hybridized carbons (Fsp3) is 0.647. The van der Waals surface area contributed by atoms with Crippen LogP contribution in [0.4, 0.5) is 18.9 Å². The lowest BCUT2D eigenvalue weighted by Crippen LogP contribution is -2.47. The maximum atomic E-state index is 13.4. The molecule has 1 fully saturated rings. The summed E-state index contributed by atoms with van der Waals surface area (Å²) in [7, 11) is 1.65. The van der Waals surface area contributed by atoms with E-state index in [0.29, 0.717) is 26.3 Å². The number of rotatable bonds is 7. The quantitative estimate of drug-likeness (QED) is 0.757. The fourth-order valence-electron chi connectivity index (χ4n) is 2.76. The zero-order valence-electron chi connectivity index (χ0n) is 14.2. The molecule has 0 unspecified atom stereocenters. The molecule has 0 radical (unpaired) electrons. The van der Waals surface area contributed by atoms with Crippen LogP contribution in [0.1, 0.15) is 18.9 Å². The SMILES string of the molecule is CCCOc1ccc(N2CCN(CCOC)CC2)c(C(F)(F)F)c1. The third-order valence-electron chi connectivity index (χ3n) is 4.07. The highest BCUT2D eigenvalue weighted by Gasteiger charge is 2.36. The molecule has 0 aliphatic carbocycles. The van der Waals surface area contributed by atoms with Crippen LogP contribution >= 0.6 is 0 Å². The molecular formula is C17H25F3N2O2. The Morgan fingerprint density at radius 3 is 2.38 bits per heavy atom. The van der Waals surface area contributed by atoms with Crippen LogP contribution in [0, 0.1) is 0 Å². The third-order valence-corrected chi connectivity index (χ3v) is 4.07. The number of methoxy groups -OCH3 is 1. The van der Waals surface area contributed by atoms with Crippen molar-refractivity contribution in [3.63, 3.8) is 0 Å². The Hall–Kier alpha value is -1.47. The molecule has 4 nitrogen and oxygen atoms in total. The molecule has 2 rings (SSSR count). The van der Waals surface area contributed by atoms with Crippen LogP contribution < -0.4 is 9.64 Å². The van der Waals surface area contributed by atoms with Crippen molar-refractivity contribution in [3.05, 3.63) is 23.8 Å². The smallest absolute Gasteiger partial charge is 0.418 e. The van der Waals surface area contributed by atoms with Crippen molar-refractivity contribution >= 4 is 5.69 Å². The molecule has 1 heterocycles. The lowest BCUT2D eigenvalue weighted by Gasteiger charge is -2.37. The number of ether oxygens (including phenoxy) is 2. The molecule has 7 heteroatoms. The highest BCUT2D eigenvalue weighted by molar-refractivity contribution is 5.58. The molecule has 0 N–H and O–H groups in total. The summed E-state index contributed by atoms with van der Waals surface area (Å²) in [6.07, 6.45) is -3.64. The predicted octanol–water partition coefficient (Wildman–Crippen LogP) is 3.26. The minimum atomic E-state index is -4.39. The van der Waals surface area contributed by atoms with Crippen molar-refractivity contribution in [1.29, 1.82) is 0 Å². The Kier molecular flexibility index (Phi) is 6.74. The molecule has 1 aromatic rings. The van der Waals surface area contributed by atoms with Gasteiger partial charge in [-0.15, -0.1) is 0 Å². The lowest BCUT2D eigenvalue weighted by atomic mass is 10.1. The lowest BCUT2D eigenvalue weighted by molar-refractivity contribution is -0.137. The second kappa shape index (κ2) is 8.58. The van der Waals surface area contributed by atoms with Gasteiger partial charge in [0.25, 0.3) is 0 Å². The zero-order valence-corrected chi connectivity index (χ0v) is 14.2. The molecule has 1 aliphatic rings. The molecule has 0 spiro atoms. The second-order valence-electron chi connectivity index (χ2n) is 5.85. The molecule has 24 heavy (non-hydrogen) atoms. The molecule has 0 atom stereocenters. The van der Waals surface area contributed by atoms with E-state index in [-0.39, 0.29) is 11.4 Å². The van der Waals surface area contributed by atoms with Gasteiger partial charge in [-0.2, -0.15) is 13.2 Å². The van der Waals surface area contributed by atoms with Crippen molar-refractivity contribution in [3.8, 4) is 5.75 Å². The first-order chi connectivity index (χ1) is 11.5.